The van der Waals surface area contributed by atoms with Gasteiger partial charge in [-0.15, -0.1) is 0 Å². The Balaban J connectivity index is 1.25. The van der Waals surface area contributed by atoms with Crippen molar-refractivity contribution < 1.29 is 19.0 Å². The first kappa shape index (κ1) is 27.3. The van der Waals surface area contributed by atoms with Crippen LogP contribution in [0.5, 0.6) is 5.75 Å². The molecule has 9 heteroatoms. The molecular weight excluding hydrogens is 557 g/mol. The topological polar surface area (TPSA) is 85.4 Å². The van der Waals surface area contributed by atoms with Gasteiger partial charge in [0.25, 0.3) is 5.91 Å². The van der Waals surface area contributed by atoms with E-state index in [1.165, 1.54) is 6.42 Å². The molecule has 8 nitrogen and oxygen atoms in total. The number of ether oxygens (including phenoxy) is 1. The molecule has 4 heterocycles. The van der Waals surface area contributed by atoms with Gasteiger partial charge in [0.15, 0.2) is 5.82 Å². The molecule has 1 aliphatic heterocycles. The average Bonchev–Trinajstić information content (AvgIpc) is 3.44. The second-order valence-electron chi connectivity index (χ2n) is 12.9. The number of likely N-dealkylation sites (tertiary alicyclic amines) is 1. The molecule has 1 amide bonds. The Morgan fingerprint density at radius 3 is 2.64 bits per heavy atom. The number of fused-ring (bicyclic) bond motifs is 4. The molecule has 3 fully saturated rings. The highest BCUT2D eigenvalue weighted by Crippen LogP contribution is 2.44. The molecule has 0 radical (unpaired) electrons. The second-order valence-corrected chi connectivity index (χ2v) is 12.9. The molecule has 2 aliphatic carbocycles. The number of amides is 1. The number of carbonyl (C=O) groups is 1. The van der Waals surface area contributed by atoms with Gasteiger partial charge in [-0.1, -0.05) is 19.1 Å². The first-order valence-electron chi connectivity index (χ1n) is 15.6. The van der Waals surface area contributed by atoms with E-state index in [1.807, 2.05) is 35.9 Å². The maximum Gasteiger partial charge on any atom is 0.254 e. The molecule has 44 heavy (non-hydrogen) atoms. The number of piperidine rings is 1. The molecule has 3 aliphatic rings. The normalized spacial score (nSPS) is 21.2. The number of nitrogens with zero attached hydrogens (tertiary/aromatic N) is 5. The van der Waals surface area contributed by atoms with Gasteiger partial charge in [0.05, 0.1) is 30.6 Å². The summed E-state index contributed by atoms with van der Waals surface area (Å²) >= 11 is 0. The third kappa shape index (κ3) is 4.16. The van der Waals surface area contributed by atoms with Gasteiger partial charge in [0.1, 0.15) is 22.7 Å². The van der Waals surface area contributed by atoms with Crippen molar-refractivity contribution in [2.24, 2.45) is 24.8 Å². The van der Waals surface area contributed by atoms with Crippen LogP contribution in [0.3, 0.4) is 0 Å². The predicted octanol–water partition coefficient (Wildman–Crippen LogP) is 6.18. The average molecular weight is 594 g/mol. The van der Waals surface area contributed by atoms with Crippen molar-refractivity contribution in [1.29, 1.82) is 0 Å². The first-order chi connectivity index (χ1) is 21.4. The number of halogens is 1. The van der Waals surface area contributed by atoms with Crippen molar-refractivity contribution >= 4 is 28.0 Å². The van der Waals surface area contributed by atoms with Gasteiger partial charge in [-0.05, 0) is 79.8 Å². The molecule has 3 atom stereocenters. The van der Waals surface area contributed by atoms with Gasteiger partial charge in [0, 0.05) is 48.3 Å². The molecule has 2 unspecified atom stereocenters. The number of rotatable bonds is 7. The minimum atomic E-state index is -0.452. The highest BCUT2D eigenvalue weighted by Gasteiger charge is 2.46. The lowest BCUT2D eigenvalue weighted by Gasteiger charge is -2.27. The number of methoxy groups -OCH3 is 1. The zero-order chi connectivity index (χ0) is 30.3. The van der Waals surface area contributed by atoms with Crippen molar-refractivity contribution in [2.75, 3.05) is 13.7 Å². The second kappa shape index (κ2) is 10.2. The summed E-state index contributed by atoms with van der Waals surface area (Å²) < 4.78 is 25.3. The number of pyridine rings is 1. The molecule has 226 valence electrons. The zero-order valence-electron chi connectivity index (χ0n) is 25.3. The van der Waals surface area contributed by atoms with Crippen LogP contribution in [-0.2, 0) is 20.2 Å². The SMILES string of the molecule is COc1cc(C(=O)N2CC3CCC2[C@@H]3C)cc2nc(-c3cc4ccc(-c5cccc(CO)c5F)nc4n3CC3CC3)n(C)c12. The maximum atomic E-state index is 15.2. The standard InChI is InChI=1S/C35H36FN5O3/c1-19-22-10-12-28(19)41(17-22)35(43)24-13-27-32(30(15-24)44-3)39(2)34(38-27)29-14-21-9-11-26(25-6-4-5-23(18-42)31(25)36)37-33(21)40(29)16-20-7-8-20/h4-6,9,11,13-15,19-20,22,28,42H,7-8,10,12,16-18H2,1-3H3/t19-,22?,28?/m1/s1. The molecule has 5 aromatic rings. The maximum absolute atomic E-state index is 15.2. The Labute approximate surface area is 255 Å². The summed E-state index contributed by atoms with van der Waals surface area (Å²) in [4.78, 5) is 25.9. The number of aliphatic hydroxyl groups excluding tert-OH is 1. The number of benzene rings is 2. The highest BCUT2D eigenvalue weighted by atomic mass is 19.1. The number of aryl methyl sites for hydroxylation is 1. The predicted molar refractivity (Wildman–Crippen MR) is 167 cm³/mol. The van der Waals surface area contributed by atoms with Crippen LogP contribution in [0.25, 0.3) is 44.8 Å². The fourth-order valence-electron chi connectivity index (χ4n) is 7.63. The number of imidazole rings is 1. The fourth-order valence-corrected chi connectivity index (χ4v) is 7.63. The van der Waals surface area contributed by atoms with E-state index in [2.05, 4.69) is 22.5 Å². The molecular formula is C35H36FN5O3. The largest absolute Gasteiger partial charge is 0.494 e. The van der Waals surface area contributed by atoms with E-state index < -0.39 is 5.82 Å². The van der Waals surface area contributed by atoms with Crippen molar-refractivity contribution in [3.05, 3.63) is 65.5 Å². The lowest BCUT2D eigenvalue weighted by Crippen LogP contribution is -2.38. The molecule has 3 aromatic heterocycles. The van der Waals surface area contributed by atoms with Gasteiger partial charge >= 0.3 is 0 Å². The molecule has 2 aromatic carbocycles. The minimum absolute atomic E-state index is 0.0496. The number of hydrogen-bond acceptors (Lipinski definition) is 5. The van der Waals surface area contributed by atoms with E-state index in [4.69, 9.17) is 14.7 Å². The van der Waals surface area contributed by atoms with Crippen LogP contribution in [0, 0.1) is 23.6 Å². The summed E-state index contributed by atoms with van der Waals surface area (Å²) in [6.45, 7) is 3.51. The van der Waals surface area contributed by atoms with Gasteiger partial charge in [-0.25, -0.2) is 14.4 Å². The third-order valence-electron chi connectivity index (χ3n) is 10.3. The Bertz CT molecular complexity index is 1960. The van der Waals surface area contributed by atoms with Gasteiger partial charge in [0.2, 0.25) is 0 Å². The smallest absolute Gasteiger partial charge is 0.254 e. The number of aliphatic hydroxyl groups is 1. The van der Waals surface area contributed by atoms with Crippen molar-refractivity contribution in [1.82, 2.24) is 24.0 Å². The Morgan fingerprint density at radius 2 is 1.93 bits per heavy atom. The quantitative estimate of drug-likeness (QED) is 0.244. The van der Waals surface area contributed by atoms with E-state index in [0.717, 1.165) is 60.4 Å². The number of aromatic nitrogens is 4. The van der Waals surface area contributed by atoms with Crippen molar-refractivity contribution in [3.63, 3.8) is 0 Å². The molecule has 1 saturated heterocycles. The summed E-state index contributed by atoms with van der Waals surface area (Å²) in [6, 6.07) is 15.0. The molecule has 1 N–H and O–H groups in total. The van der Waals surface area contributed by atoms with Crippen LogP contribution in [0.4, 0.5) is 4.39 Å². The van der Waals surface area contributed by atoms with E-state index in [-0.39, 0.29) is 18.1 Å². The highest BCUT2D eigenvalue weighted by molar-refractivity contribution is 6.00. The summed E-state index contributed by atoms with van der Waals surface area (Å²) in [6.07, 6.45) is 4.60. The molecule has 0 spiro atoms. The summed E-state index contributed by atoms with van der Waals surface area (Å²) in [5, 5.41) is 10.5. The molecule has 2 bridgehead atoms. The van der Waals surface area contributed by atoms with E-state index in [9.17, 15) is 9.90 Å². The van der Waals surface area contributed by atoms with Crippen LogP contribution >= 0.6 is 0 Å². The Hall–Kier alpha value is -4.24. The van der Waals surface area contributed by atoms with Gasteiger partial charge in [-0.3, -0.25) is 4.79 Å². The fraction of sp³-hybridized carbons (Fsp3) is 0.400. The van der Waals surface area contributed by atoms with Crippen LogP contribution in [0.15, 0.2) is 48.5 Å². The van der Waals surface area contributed by atoms with Crippen LogP contribution in [-0.4, -0.2) is 54.7 Å². The summed E-state index contributed by atoms with van der Waals surface area (Å²) in [5.74, 6) is 2.66. The zero-order valence-corrected chi connectivity index (χ0v) is 25.3. The first-order valence-corrected chi connectivity index (χ1v) is 15.6. The Morgan fingerprint density at radius 1 is 1.09 bits per heavy atom. The number of carbonyl (C=O) groups excluding carboxylic acids is 1. The summed E-state index contributed by atoms with van der Waals surface area (Å²) in [5.41, 5.74) is 4.97. The van der Waals surface area contributed by atoms with Crippen molar-refractivity contribution in [3.8, 4) is 28.5 Å². The van der Waals surface area contributed by atoms with Gasteiger partial charge in [-0.2, -0.15) is 0 Å². The summed E-state index contributed by atoms with van der Waals surface area (Å²) in [7, 11) is 3.61. The van der Waals surface area contributed by atoms with Crippen LogP contribution in [0.2, 0.25) is 0 Å². The van der Waals surface area contributed by atoms with Crippen LogP contribution < -0.4 is 4.74 Å². The van der Waals surface area contributed by atoms with Crippen molar-refractivity contribution in [2.45, 2.75) is 51.8 Å². The Kier molecular flexibility index (Phi) is 6.31. The van der Waals surface area contributed by atoms with Gasteiger partial charge < -0.3 is 23.9 Å². The minimum Gasteiger partial charge on any atom is -0.494 e. The van der Waals surface area contributed by atoms with Crippen LogP contribution in [0.1, 0.15) is 48.5 Å². The molecule has 8 rings (SSSR count). The monoisotopic (exact) mass is 593 g/mol. The molecule has 2 saturated carbocycles. The van der Waals surface area contributed by atoms with E-state index in [1.54, 1.807) is 25.3 Å². The van der Waals surface area contributed by atoms with E-state index in [0.29, 0.717) is 51.9 Å². The lowest BCUT2D eigenvalue weighted by molar-refractivity contribution is 0.0696. The number of hydrogen-bond donors (Lipinski definition) is 1. The van der Waals surface area contributed by atoms with E-state index >= 15 is 4.39 Å². The lowest BCUT2D eigenvalue weighted by atomic mass is 10.0. The third-order valence-corrected chi connectivity index (χ3v) is 10.3.